The van der Waals surface area contributed by atoms with Crippen LogP contribution >= 0.6 is 11.3 Å². The number of anilines is 1. The molecule has 3 N–H and O–H groups in total. The first-order valence-electron chi connectivity index (χ1n) is 9.90. The molecule has 172 valence electrons. The van der Waals surface area contributed by atoms with Crippen LogP contribution in [0.15, 0.2) is 70.1 Å². The number of nitrogens with zero attached hydrogens (tertiary/aromatic N) is 2. The smallest absolute Gasteiger partial charge is 0.333 e. The Kier molecular flexibility index (Phi) is 5.18. The average molecular weight is 498 g/mol. The van der Waals surface area contributed by atoms with E-state index in [-0.39, 0.29) is 15.6 Å². The summed E-state index contributed by atoms with van der Waals surface area (Å²) in [5, 5.41) is 3.34. The second-order valence-corrected chi connectivity index (χ2v) is 10.6. The summed E-state index contributed by atoms with van der Waals surface area (Å²) >= 11 is 1.02. The largest absolute Gasteiger partial charge is 0.345 e. The van der Waals surface area contributed by atoms with Crippen LogP contribution < -0.4 is 15.6 Å². The van der Waals surface area contributed by atoms with Gasteiger partial charge in [-0.2, -0.15) is 0 Å². The number of benzene rings is 2. The number of fused-ring (bicyclic) bond motifs is 2. The number of carbonyl (C=O) groups excluding carboxylic acids is 1. The molecule has 0 aliphatic carbocycles. The van der Waals surface area contributed by atoms with Gasteiger partial charge in [0.15, 0.2) is 0 Å². The molecule has 12 heteroatoms. The highest BCUT2D eigenvalue weighted by atomic mass is 32.2. The number of aromatic nitrogens is 3. The molecule has 9 nitrogen and oxygen atoms in total. The van der Waals surface area contributed by atoms with Crippen molar-refractivity contribution >= 4 is 54.9 Å². The highest BCUT2D eigenvalue weighted by Crippen LogP contribution is 2.22. The zero-order chi connectivity index (χ0) is 24.0. The van der Waals surface area contributed by atoms with Gasteiger partial charge in [0.1, 0.15) is 10.0 Å². The van der Waals surface area contributed by atoms with Crippen LogP contribution in [-0.2, 0) is 10.0 Å². The fourth-order valence-electron chi connectivity index (χ4n) is 3.53. The summed E-state index contributed by atoms with van der Waals surface area (Å²) in [6.07, 6.45) is 2.98. The average Bonchev–Trinajstić information content (AvgIpc) is 3.42. The Labute approximate surface area is 195 Å². The van der Waals surface area contributed by atoms with E-state index >= 15 is 0 Å². The van der Waals surface area contributed by atoms with Crippen LogP contribution in [0.25, 0.3) is 27.5 Å². The second-order valence-electron chi connectivity index (χ2n) is 7.44. The number of pyridine rings is 1. The van der Waals surface area contributed by atoms with Crippen molar-refractivity contribution in [2.24, 2.45) is 0 Å². The highest BCUT2D eigenvalue weighted by molar-refractivity contribution is 7.92. The molecular formula is C22H16FN5O4S2. The first kappa shape index (κ1) is 21.8. The first-order chi connectivity index (χ1) is 16.2. The molecule has 5 aromatic rings. The number of carbonyl (C=O) groups is 1. The number of rotatable bonds is 4. The maximum absolute atomic E-state index is 14.9. The third-order valence-corrected chi connectivity index (χ3v) is 7.94. The maximum atomic E-state index is 14.9. The minimum atomic E-state index is -4.05. The Balaban J connectivity index is 1.41. The van der Waals surface area contributed by atoms with E-state index in [2.05, 4.69) is 15.3 Å². The third-order valence-electron chi connectivity index (χ3n) is 5.12. The minimum absolute atomic E-state index is 0.00975. The summed E-state index contributed by atoms with van der Waals surface area (Å²) < 4.78 is 42.5. The van der Waals surface area contributed by atoms with Crippen molar-refractivity contribution in [1.29, 1.82) is 0 Å². The number of imidazole rings is 1. The SMILES string of the molecule is Cc1ccc(S(=O)(=O)NC(=O)Nc2ccc(-n3ccc4cc5[nH]cnc5cc4c3=O)c(F)c2)s1. The molecule has 2 amide bonds. The normalized spacial score (nSPS) is 11.7. The lowest BCUT2D eigenvalue weighted by atomic mass is 10.1. The van der Waals surface area contributed by atoms with Crippen molar-refractivity contribution in [2.45, 2.75) is 11.1 Å². The van der Waals surface area contributed by atoms with Crippen LogP contribution in [0.5, 0.6) is 0 Å². The number of sulfonamides is 1. The van der Waals surface area contributed by atoms with Crippen LogP contribution in [-0.4, -0.2) is 29.0 Å². The summed E-state index contributed by atoms with van der Waals surface area (Å²) in [6, 6.07) is 10.8. The van der Waals surface area contributed by atoms with Gasteiger partial charge >= 0.3 is 6.03 Å². The van der Waals surface area contributed by atoms with Crippen molar-refractivity contribution in [2.75, 3.05) is 5.32 Å². The van der Waals surface area contributed by atoms with E-state index in [0.717, 1.165) is 32.4 Å². The van der Waals surface area contributed by atoms with Gasteiger partial charge in [-0.3, -0.25) is 9.36 Å². The zero-order valence-corrected chi connectivity index (χ0v) is 19.1. The predicted octanol–water partition coefficient (Wildman–Crippen LogP) is 3.89. The Bertz CT molecular complexity index is 1750. The summed E-state index contributed by atoms with van der Waals surface area (Å²) in [5.41, 5.74) is 0.948. The van der Waals surface area contributed by atoms with E-state index in [9.17, 15) is 22.4 Å². The number of thiophene rings is 1. The van der Waals surface area contributed by atoms with Gasteiger partial charge in [0.2, 0.25) is 0 Å². The fraction of sp³-hybridized carbons (Fsp3) is 0.0455. The molecule has 0 fully saturated rings. The van der Waals surface area contributed by atoms with Gasteiger partial charge in [0.05, 0.1) is 23.0 Å². The van der Waals surface area contributed by atoms with E-state index in [1.54, 1.807) is 31.2 Å². The molecule has 3 aromatic heterocycles. The zero-order valence-electron chi connectivity index (χ0n) is 17.5. The summed E-state index contributed by atoms with van der Waals surface area (Å²) in [6.45, 7) is 1.74. The molecule has 0 aliphatic heterocycles. The summed E-state index contributed by atoms with van der Waals surface area (Å²) in [4.78, 5) is 33.1. The number of hydrogen-bond donors (Lipinski definition) is 3. The second kappa shape index (κ2) is 8.08. The van der Waals surface area contributed by atoms with Crippen molar-refractivity contribution in [3.05, 3.63) is 82.1 Å². The Morgan fingerprint density at radius 3 is 2.71 bits per heavy atom. The van der Waals surface area contributed by atoms with Crippen LogP contribution in [0.4, 0.5) is 14.9 Å². The number of nitrogens with one attached hydrogen (secondary N) is 3. The number of amides is 2. The third kappa shape index (κ3) is 3.93. The molecular weight excluding hydrogens is 481 g/mol. The van der Waals surface area contributed by atoms with E-state index in [1.165, 1.54) is 30.7 Å². The van der Waals surface area contributed by atoms with E-state index < -0.39 is 27.4 Å². The highest BCUT2D eigenvalue weighted by Gasteiger charge is 2.20. The van der Waals surface area contributed by atoms with Gasteiger partial charge in [0, 0.05) is 22.1 Å². The van der Waals surface area contributed by atoms with Crippen molar-refractivity contribution in [3.63, 3.8) is 0 Å². The number of halogens is 1. The number of aryl methyl sites for hydroxylation is 1. The lowest BCUT2D eigenvalue weighted by Crippen LogP contribution is -2.34. The monoisotopic (exact) mass is 497 g/mol. The predicted molar refractivity (Wildman–Crippen MR) is 128 cm³/mol. The topological polar surface area (TPSA) is 126 Å². The fourth-order valence-corrected chi connectivity index (χ4v) is 5.72. The van der Waals surface area contributed by atoms with Gasteiger partial charge < -0.3 is 10.3 Å². The quantitative estimate of drug-likeness (QED) is 0.347. The molecule has 3 heterocycles. The number of hydrogen-bond acceptors (Lipinski definition) is 6. The van der Waals surface area contributed by atoms with E-state index in [0.29, 0.717) is 16.3 Å². The Hall–Kier alpha value is -4.03. The number of aromatic amines is 1. The molecule has 0 spiro atoms. The van der Waals surface area contributed by atoms with Gasteiger partial charge in [0.25, 0.3) is 15.6 Å². The van der Waals surface area contributed by atoms with Crippen LogP contribution in [0, 0.1) is 12.7 Å². The molecule has 0 aliphatic rings. The molecule has 0 bridgehead atoms. The molecule has 0 saturated heterocycles. The lowest BCUT2D eigenvalue weighted by molar-refractivity contribution is 0.256. The van der Waals surface area contributed by atoms with Gasteiger partial charge in [-0.25, -0.2) is 27.3 Å². The molecule has 0 atom stereocenters. The van der Waals surface area contributed by atoms with Gasteiger partial charge in [-0.05, 0) is 60.8 Å². The van der Waals surface area contributed by atoms with E-state index in [1.807, 2.05) is 4.72 Å². The Morgan fingerprint density at radius 2 is 1.97 bits per heavy atom. The van der Waals surface area contributed by atoms with Crippen LogP contribution in [0.1, 0.15) is 4.88 Å². The van der Waals surface area contributed by atoms with Crippen molar-refractivity contribution < 1.29 is 17.6 Å². The molecule has 0 saturated carbocycles. The van der Waals surface area contributed by atoms with Gasteiger partial charge in [-0.15, -0.1) is 11.3 Å². The molecule has 2 aromatic carbocycles. The lowest BCUT2D eigenvalue weighted by Gasteiger charge is -2.11. The van der Waals surface area contributed by atoms with Crippen LogP contribution in [0.3, 0.4) is 0 Å². The summed E-state index contributed by atoms with van der Waals surface area (Å²) in [5.74, 6) is -0.781. The van der Waals surface area contributed by atoms with Crippen molar-refractivity contribution in [1.82, 2.24) is 19.3 Å². The molecule has 0 radical (unpaired) electrons. The number of H-pyrrole nitrogens is 1. The Morgan fingerprint density at radius 1 is 1.15 bits per heavy atom. The minimum Gasteiger partial charge on any atom is -0.345 e. The maximum Gasteiger partial charge on any atom is 0.333 e. The van der Waals surface area contributed by atoms with Crippen molar-refractivity contribution in [3.8, 4) is 5.69 Å². The number of urea groups is 1. The molecule has 0 unspecified atom stereocenters. The molecule has 34 heavy (non-hydrogen) atoms. The molecule has 5 rings (SSSR count). The van der Waals surface area contributed by atoms with Crippen LogP contribution in [0.2, 0.25) is 0 Å². The first-order valence-corrected chi connectivity index (χ1v) is 12.2. The van der Waals surface area contributed by atoms with E-state index in [4.69, 9.17) is 0 Å². The standard InChI is InChI=1S/C22H16FN5O4S2/c1-12-2-5-20(33-12)34(31,32)27-22(30)26-14-3-4-19(16(23)9-14)28-7-6-13-8-17-18(25-11-24-17)10-15(13)21(28)29/h2-11H,1H3,(H,24,25)(H2,26,27,30). The summed E-state index contributed by atoms with van der Waals surface area (Å²) in [7, 11) is -4.05. The van der Waals surface area contributed by atoms with Gasteiger partial charge in [-0.1, -0.05) is 0 Å².